The number of imidazole rings is 1. The first-order valence-corrected chi connectivity index (χ1v) is 9.59. The fraction of sp³-hybridized carbons (Fsp3) is 0.190. The number of hydrogen-bond acceptors (Lipinski definition) is 5. The summed E-state index contributed by atoms with van der Waals surface area (Å²) in [5.41, 5.74) is 4.11. The molecule has 0 amide bonds. The fourth-order valence-corrected chi connectivity index (χ4v) is 3.46. The first kappa shape index (κ1) is 17.0. The Kier molecular flexibility index (Phi) is 4.13. The van der Waals surface area contributed by atoms with Crippen LogP contribution in [0.15, 0.2) is 41.5 Å². The van der Waals surface area contributed by atoms with Crippen LogP contribution in [-0.4, -0.2) is 32.8 Å². The standard InChI is InChI=1S/C21H18ClN5O/c22-17-4-2-1-3-15(17)13-7-16-14(11-24-19(16)23-10-13)8-18-20(28)27-21(26-18)25-9-12-5-6-12/h1-4,7-8,10-12,28H,5-6,9H2,(H2,25,26,27). The number of hydrogen-bond donors (Lipinski definition) is 3. The van der Waals surface area contributed by atoms with E-state index < -0.39 is 0 Å². The topological polar surface area (TPSA) is 86.2 Å². The molecule has 1 fully saturated rings. The van der Waals surface area contributed by atoms with Crippen LogP contribution in [0.4, 0.5) is 11.8 Å². The zero-order valence-corrected chi connectivity index (χ0v) is 15.7. The van der Waals surface area contributed by atoms with Crippen molar-refractivity contribution in [2.45, 2.75) is 12.8 Å². The zero-order valence-electron chi connectivity index (χ0n) is 15.0. The van der Waals surface area contributed by atoms with Gasteiger partial charge in [-0.05, 0) is 37.0 Å². The van der Waals surface area contributed by atoms with E-state index in [1.807, 2.05) is 36.4 Å². The number of aromatic hydroxyl groups is 1. The number of nitrogens with zero attached hydrogens (tertiary/aromatic N) is 3. The van der Waals surface area contributed by atoms with Gasteiger partial charge in [0.05, 0.1) is 0 Å². The summed E-state index contributed by atoms with van der Waals surface area (Å²) in [7, 11) is 0. The van der Waals surface area contributed by atoms with Gasteiger partial charge in [0.25, 0.3) is 0 Å². The van der Waals surface area contributed by atoms with E-state index in [-0.39, 0.29) is 5.88 Å². The number of aromatic amines is 1. The van der Waals surface area contributed by atoms with Crippen LogP contribution in [0.3, 0.4) is 0 Å². The van der Waals surface area contributed by atoms with E-state index in [2.05, 4.69) is 25.3 Å². The maximum Gasteiger partial charge on any atom is 0.238 e. The summed E-state index contributed by atoms with van der Waals surface area (Å²) >= 11 is 6.33. The molecule has 3 N–H and O–H groups in total. The molecule has 0 atom stereocenters. The second kappa shape index (κ2) is 6.80. The first-order valence-electron chi connectivity index (χ1n) is 9.21. The first-order chi connectivity index (χ1) is 13.7. The van der Waals surface area contributed by atoms with Crippen molar-refractivity contribution in [1.82, 2.24) is 15.0 Å². The van der Waals surface area contributed by atoms with Gasteiger partial charge < -0.3 is 15.4 Å². The van der Waals surface area contributed by atoms with Crippen molar-refractivity contribution in [2.24, 2.45) is 10.9 Å². The quantitative estimate of drug-likeness (QED) is 0.576. The highest BCUT2D eigenvalue weighted by Crippen LogP contribution is 2.36. The summed E-state index contributed by atoms with van der Waals surface area (Å²) in [6, 6.07) is 9.68. The largest absolute Gasteiger partial charge is 0.492 e. The molecule has 0 saturated heterocycles. The normalized spacial score (nSPS) is 16.5. The van der Waals surface area contributed by atoms with Gasteiger partial charge in [-0.2, -0.15) is 4.98 Å². The number of rotatable bonds is 5. The Morgan fingerprint density at radius 1 is 1.25 bits per heavy atom. The smallest absolute Gasteiger partial charge is 0.238 e. The molecule has 140 valence electrons. The van der Waals surface area contributed by atoms with E-state index in [9.17, 15) is 5.11 Å². The van der Waals surface area contributed by atoms with Gasteiger partial charge in [0.15, 0.2) is 5.82 Å². The molecule has 1 aliphatic heterocycles. The number of fused-ring (bicyclic) bond motifs is 1. The van der Waals surface area contributed by atoms with Crippen LogP contribution in [0.2, 0.25) is 5.02 Å². The Bertz CT molecular complexity index is 1110. The van der Waals surface area contributed by atoms with E-state index >= 15 is 0 Å². The Morgan fingerprint density at radius 2 is 2.11 bits per heavy atom. The monoisotopic (exact) mass is 391 g/mol. The number of anilines is 1. The van der Waals surface area contributed by atoms with Gasteiger partial charge >= 0.3 is 0 Å². The van der Waals surface area contributed by atoms with Crippen LogP contribution in [0.5, 0.6) is 5.88 Å². The second-order valence-corrected chi connectivity index (χ2v) is 7.49. The lowest BCUT2D eigenvalue weighted by molar-refractivity contribution is 0.455. The van der Waals surface area contributed by atoms with Gasteiger partial charge in [-0.25, -0.2) is 9.98 Å². The number of aliphatic imine (C=N–C) groups is 1. The SMILES string of the molecule is Oc1nc(NCC2CC2)[nH]c1C=C1C=Nc2ncc(-c3ccccc3Cl)cc21. The van der Waals surface area contributed by atoms with Crippen molar-refractivity contribution in [3.05, 3.63) is 52.8 Å². The Hall–Kier alpha value is -3.12. The number of benzene rings is 1. The molecule has 2 aliphatic rings. The summed E-state index contributed by atoms with van der Waals surface area (Å²) in [6.45, 7) is 0.873. The predicted octanol–water partition coefficient (Wildman–Crippen LogP) is 4.91. The summed E-state index contributed by atoms with van der Waals surface area (Å²) in [5.74, 6) is 1.91. The van der Waals surface area contributed by atoms with E-state index in [1.54, 1.807) is 12.4 Å². The molecule has 5 rings (SSSR count). The van der Waals surface area contributed by atoms with Crippen LogP contribution in [0, 0.1) is 5.92 Å². The third-order valence-electron chi connectivity index (χ3n) is 4.96. The second-order valence-electron chi connectivity index (χ2n) is 7.08. The third-order valence-corrected chi connectivity index (χ3v) is 5.28. The number of nitrogens with one attached hydrogen (secondary N) is 2. The Morgan fingerprint density at radius 3 is 2.93 bits per heavy atom. The Labute approximate surface area is 167 Å². The van der Waals surface area contributed by atoms with Crippen molar-refractivity contribution in [2.75, 3.05) is 11.9 Å². The van der Waals surface area contributed by atoms with E-state index in [4.69, 9.17) is 11.6 Å². The summed E-state index contributed by atoms with van der Waals surface area (Å²) in [5, 5.41) is 14.1. The minimum absolute atomic E-state index is 0.0390. The lowest BCUT2D eigenvalue weighted by Gasteiger charge is -2.06. The highest BCUT2D eigenvalue weighted by atomic mass is 35.5. The van der Waals surface area contributed by atoms with Gasteiger partial charge in [-0.3, -0.25) is 0 Å². The molecule has 7 heteroatoms. The average Bonchev–Trinajstić information content (AvgIpc) is 3.36. The highest BCUT2D eigenvalue weighted by Gasteiger charge is 2.22. The minimum atomic E-state index is -0.0390. The lowest BCUT2D eigenvalue weighted by Crippen LogP contribution is -2.04. The number of halogens is 1. The molecular formula is C21H18ClN5O. The molecular weight excluding hydrogens is 374 g/mol. The molecule has 6 nitrogen and oxygen atoms in total. The van der Waals surface area contributed by atoms with E-state index in [0.717, 1.165) is 34.7 Å². The maximum atomic E-state index is 10.2. The summed E-state index contributed by atoms with van der Waals surface area (Å²) < 4.78 is 0. The molecule has 3 aromatic rings. The van der Waals surface area contributed by atoms with Crippen LogP contribution in [-0.2, 0) is 0 Å². The number of H-pyrrole nitrogens is 1. The molecule has 28 heavy (non-hydrogen) atoms. The minimum Gasteiger partial charge on any atom is -0.492 e. The molecule has 0 radical (unpaired) electrons. The van der Waals surface area contributed by atoms with E-state index in [1.165, 1.54) is 12.8 Å². The Balaban J connectivity index is 1.46. The number of allylic oxidation sites excluding steroid dienone is 1. The van der Waals surface area contributed by atoms with Crippen LogP contribution >= 0.6 is 11.6 Å². The summed E-state index contributed by atoms with van der Waals surface area (Å²) in [4.78, 5) is 16.1. The number of aromatic nitrogens is 3. The van der Waals surface area contributed by atoms with Gasteiger partial charge in [-0.15, -0.1) is 0 Å². The molecule has 1 saturated carbocycles. The van der Waals surface area contributed by atoms with Crippen molar-refractivity contribution in [3.63, 3.8) is 0 Å². The van der Waals surface area contributed by atoms with Gasteiger partial charge in [-0.1, -0.05) is 29.8 Å². The number of pyridine rings is 1. The van der Waals surface area contributed by atoms with Crippen LogP contribution in [0.25, 0.3) is 22.8 Å². The maximum absolute atomic E-state index is 10.2. The zero-order chi connectivity index (χ0) is 19.1. The third kappa shape index (κ3) is 3.27. The molecule has 1 aliphatic carbocycles. The fourth-order valence-electron chi connectivity index (χ4n) is 3.21. The van der Waals surface area contributed by atoms with Crippen LogP contribution < -0.4 is 5.32 Å². The molecule has 2 aromatic heterocycles. The molecule has 0 unspecified atom stereocenters. The van der Waals surface area contributed by atoms with Crippen molar-refractivity contribution in [3.8, 4) is 17.0 Å². The predicted molar refractivity (Wildman–Crippen MR) is 112 cm³/mol. The average molecular weight is 392 g/mol. The highest BCUT2D eigenvalue weighted by molar-refractivity contribution is 6.33. The van der Waals surface area contributed by atoms with Crippen molar-refractivity contribution < 1.29 is 5.11 Å². The molecule has 0 bridgehead atoms. The van der Waals surface area contributed by atoms with Gasteiger partial charge in [0, 0.05) is 46.2 Å². The molecule has 3 heterocycles. The molecule has 1 aromatic carbocycles. The van der Waals surface area contributed by atoms with E-state index in [0.29, 0.717) is 22.5 Å². The summed E-state index contributed by atoms with van der Waals surface area (Å²) in [6.07, 6.45) is 7.85. The van der Waals surface area contributed by atoms with Crippen LogP contribution in [0.1, 0.15) is 24.1 Å². The lowest BCUT2D eigenvalue weighted by atomic mass is 10.0. The van der Waals surface area contributed by atoms with Gasteiger partial charge in [0.1, 0.15) is 5.69 Å². The van der Waals surface area contributed by atoms with Crippen molar-refractivity contribution in [1.29, 1.82) is 0 Å². The van der Waals surface area contributed by atoms with Crippen molar-refractivity contribution >= 4 is 41.2 Å². The van der Waals surface area contributed by atoms with Gasteiger partial charge in [0.2, 0.25) is 11.8 Å². The molecule has 0 spiro atoms.